The Bertz CT molecular complexity index is 1930. The first-order valence-electron chi connectivity index (χ1n) is 15.7. The smallest absolute Gasteiger partial charge is 0.220 e. The number of fused-ring (bicyclic) bond motifs is 1. The summed E-state index contributed by atoms with van der Waals surface area (Å²) in [5, 5.41) is 21.4. The van der Waals surface area contributed by atoms with Gasteiger partial charge in [-0.15, -0.1) is 0 Å². The molecule has 3 aromatic heterocycles. The number of nitrogens with one attached hydrogen (secondary N) is 3. The van der Waals surface area contributed by atoms with Crippen molar-refractivity contribution in [3.63, 3.8) is 0 Å². The Morgan fingerprint density at radius 1 is 1.04 bits per heavy atom. The van der Waals surface area contributed by atoms with Crippen LogP contribution in [0.25, 0.3) is 44.7 Å². The van der Waals surface area contributed by atoms with Gasteiger partial charge >= 0.3 is 0 Å². The molecule has 9 nitrogen and oxygen atoms in total. The highest BCUT2D eigenvalue weighted by Gasteiger charge is 2.21. The Hall–Kier alpha value is -3.99. The third-order valence-electron chi connectivity index (χ3n) is 8.47. The first-order valence-corrected chi connectivity index (χ1v) is 16.4. The van der Waals surface area contributed by atoms with Crippen molar-refractivity contribution in [2.45, 2.75) is 45.0 Å². The second-order valence-corrected chi connectivity index (χ2v) is 12.7. The third kappa shape index (κ3) is 7.15. The quantitative estimate of drug-likeness (QED) is 0.126. The van der Waals surface area contributed by atoms with Crippen molar-refractivity contribution in [2.75, 3.05) is 20.2 Å². The van der Waals surface area contributed by atoms with Crippen LogP contribution in [0.4, 0.5) is 0 Å². The van der Waals surface area contributed by atoms with E-state index in [1.165, 1.54) is 0 Å². The fourth-order valence-electron chi connectivity index (χ4n) is 6.08. The lowest BCUT2D eigenvalue weighted by Crippen LogP contribution is -2.35. The van der Waals surface area contributed by atoms with Crippen molar-refractivity contribution >= 4 is 40.1 Å². The SMILES string of the molecule is COc1cc(-c2nccc(-c3cccc(-c4ccc5c(CNCC(C)O)cn(C)c5n4)c3Cl)c2Cl)ccc1CNCC1CCC(=O)N1. The van der Waals surface area contributed by atoms with Crippen molar-refractivity contribution in [3.8, 4) is 39.4 Å². The van der Waals surface area contributed by atoms with Crippen LogP contribution in [0, 0.1) is 0 Å². The molecule has 4 heterocycles. The highest BCUT2D eigenvalue weighted by molar-refractivity contribution is 6.39. The van der Waals surface area contributed by atoms with E-state index in [4.69, 9.17) is 32.9 Å². The second kappa shape index (κ2) is 14.4. The zero-order chi connectivity index (χ0) is 33.1. The molecule has 0 bridgehead atoms. The van der Waals surface area contributed by atoms with E-state index in [0.717, 1.165) is 62.3 Å². The van der Waals surface area contributed by atoms with E-state index in [1.54, 1.807) is 20.2 Å². The van der Waals surface area contributed by atoms with Gasteiger partial charge in [-0.3, -0.25) is 9.78 Å². The molecule has 47 heavy (non-hydrogen) atoms. The minimum atomic E-state index is -0.412. The Morgan fingerprint density at radius 3 is 2.60 bits per heavy atom. The number of ether oxygens (including phenoxy) is 1. The number of halogens is 2. The summed E-state index contributed by atoms with van der Waals surface area (Å²) in [5.74, 6) is 0.828. The van der Waals surface area contributed by atoms with Gasteiger partial charge in [0.2, 0.25) is 5.91 Å². The summed E-state index contributed by atoms with van der Waals surface area (Å²) in [6, 6.07) is 17.9. The summed E-state index contributed by atoms with van der Waals surface area (Å²) in [5.41, 5.74) is 7.49. The molecular formula is C36H38Cl2N6O3. The van der Waals surface area contributed by atoms with E-state index in [-0.39, 0.29) is 11.9 Å². The first kappa shape index (κ1) is 32.9. The summed E-state index contributed by atoms with van der Waals surface area (Å²) in [7, 11) is 3.62. The fraction of sp³-hybridized carbons (Fsp3) is 0.306. The van der Waals surface area contributed by atoms with E-state index in [0.29, 0.717) is 48.3 Å². The molecule has 1 saturated heterocycles. The van der Waals surface area contributed by atoms with Gasteiger partial charge in [0.25, 0.3) is 0 Å². The number of rotatable bonds is 12. The molecule has 11 heteroatoms. The number of aliphatic hydroxyl groups excluding tert-OH is 1. The maximum atomic E-state index is 11.5. The Balaban J connectivity index is 1.26. The van der Waals surface area contributed by atoms with Gasteiger partial charge in [-0.1, -0.05) is 53.5 Å². The van der Waals surface area contributed by atoms with Gasteiger partial charge in [-0.05, 0) is 43.2 Å². The van der Waals surface area contributed by atoms with Gasteiger partial charge in [0.15, 0.2) is 0 Å². The number of pyridine rings is 2. The average molecular weight is 674 g/mol. The molecule has 0 saturated carbocycles. The largest absolute Gasteiger partial charge is 0.496 e. The van der Waals surface area contributed by atoms with E-state index < -0.39 is 6.10 Å². The Kier molecular flexibility index (Phi) is 10.1. The van der Waals surface area contributed by atoms with Crippen LogP contribution in [0.1, 0.15) is 30.9 Å². The number of amides is 1. The van der Waals surface area contributed by atoms with Crippen molar-refractivity contribution < 1.29 is 14.6 Å². The summed E-state index contributed by atoms with van der Waals surface area (Å²) in [4.78, 5) is 21.1. The molecular weight excluding hydrogens is 635 g/mol. The lowest BCUT2D eigenvalue weighted by atomic mass is 9.99. The van der Waals surface area contributed by atoms with Crippen molar-refractivity contribution in [2.24, 2.45) is 7.05 Å². The number of hydrogen-bond acceptors (Lipinski definition) is 7. The minimum Gasteiger partial charge on any atom is -0.496 e. The summed E-state index contributed by atoms with van der Waals surface area (Å²) in [6.45, 7) is 4.21. The molecule has 1 fully saturated rings. The number of benzene rings is 2. The first-order chi connectivity index (χ1) is 22.7. The third-order valence-corrected chi connectivity index (χ3v) is 9.26. The Labute approximate surface area is 284 Å². The number of methoxy groups -OCH3 is 1. The molecule has 5 aromatic rings. The van der Waals surface area contributed by atoms with Crippen molar-refractivity contribution in [1.82, 2.24) is 30.5 Å². The molecule has 6 rings (SSSR count). The van der Waals surface area contributed by atoms with Crippen LogP contribution in [0.5, 0.6) is 5.75 Å². The van der Waals surface area contributed by atoms with Crippen LogP contribution < -0.4 is 20.7 Å². The predicted molar refractivity (Wildman–Crippen MR) is 188 cm³/mol. The molecule has 0 radical (unpaired) electrons. The number of hydrogen-bond donors (Lipinski definition) is 4. The fourth-order valence-corrected chi connectivity index (χ4v) is 6.73. The number of aromatic nitrogens is 3. The molecule has 0 aliphatic carbocycles. The number of nitrogens with zero attached hydrogens (tertiary/aromatic N) is 3. The number of aliphatic hydroxyl groups is 1. The molecule has 2 aromatic carbocycles. The highest BCUT2D eigenvalue weighted by Crippen LogP contribution is 2.42. The highest BCUT2D eigenvalue weighted by atomic mass is 35.5. The molecule has 1 aliphatic heterocycles. The summed E-state index contributed by atoms with van der Waals surface area (Å²) in [6.07, 6.45) is 4.81. The minimum absolute atomic E-state index is 0.108. The lowest BCUT2D eigenvalue weighted by molar-refractivity contribution is -0.119. The summed E-state index contributed by atoms with van der Waals surface area (Å²) < 4.78 is 7.74. The topological polar surface area (TPSA) is 113 Å². The standard InChI is InChI=1S/C36H38Cl2N6O3/c1-21(45)16-39-18-24-20-44(2)36-26(24)10-11-30(43-36)29-6-4-5-27(33(29)37)28-13-14-41-35(34(28)38)22-7-8-23(31(15-22)47-3)17-40-19-25-9-12-32(46)42-25/h4-8,10-11,13-15,20-21,25,39-40,45H,9,12,16-19H2,1-3H3,(H,42,46). The van der Waals surface area contributed by atoms with Gasteiger partial charge in [0, 0.05) is 91.3 Å². The molecule has 4 N–H and O–H groups in total. The monoisotopic (exact) mass is 672 g/mol. The lowest BCUT2D eigenvalue weighted by Gasteiger charge is -2.16. The zero-order valence-corrected chi connectivity index (χ0v) is 28.1. The predicted octanol–water partition coefficient (Wildman–Crippen LogP) is 6.12. The maximum Gasteiger partial charge on any atom is 0.220 e. The normalized spacial score (nSPS) is 15.3. The van der Waals surface area contributed by atoms with Crippen molar-refractivity contribution in [1.29, 1.82) is 0 Å². The van der Waals surface area contributed by atoms with Crippen LogP contribution in [0.15, 0.2) is 67.0 Å². The van der Waals surface area contributed by atoms with Crippen LogP contribution in [-0.4, -0.2) is 57.9 Å². The van der Waals surface area contributed by atoms with E-state index >= 15 is 0 Å². The Morgan fingerprint density at radius 2 is 1.83 bits per heavy atom. The van der Waals surface area contributed by atoms with Gasteiger partial charge < -0.3 is 30.4 Å². The van der Waals surface area contributed by atoms with E-state index in [2.05, 4.69) is 33.2 Å². The number of aryl methyl sites for hydroxylation is 1. The zero-order valence-electron chi connectivity index (χ0n) is 26.6. The van der Waals surface area contributed by atoms with Gasteiger partial charge in [-0.2, -0.15) is 0 Å². The van der Waals surface area contributed by atoms with Gasteiger partial charge in [0.1, 0.15) is 11.4 Å². The van der Waals surface area contributed by atoms with Crippen LogP contribution >= 0.6 is 23.2 Å². The van der Waals surface area contributed by atoms with Gasteiger partial charge in [0.05, 0.1) is 34.6 Å². The van der Waals surface area contributed by atoms with Crippen LogP contribution in [0.3, 0.4) is 0 Å². The molecule has 1 amide bonds. The molecule has 2 atom stereocenters. The molecule has 1 aliphatic rings. The van der Waals surface area contributed by atoms with E-state index in [9.17, 15) is 9.90 Å². The molecule has 2 unspecified atom stereocenters. The molecule has 0 spiro atoms. The van der Waals surface area contributed by atoms with Crippen molar-refractivity contribution in [3.05, 3.63) is 88.2 Å². The molecule has 244 valence electrons. The van der Waals surface area contributed by atoms with Crippen LogP contribution in [0.2, 0.25) is 10.0 Å². The average Bonchev–Trinajstić information content (AvgIpc) is 3.62. The number of carbonyl (C=O) groups is 1. The second-order valence-electron chi connectivity index (χ2n) is 12.0. The maximum absolute atomic E-state index is 11.5. The van der Waals surface area contributed by atoms with E-state index in [1.807, 2.05) is 60.1 Å². The summed E-state index contributed by atoms with van der Waals surface area (Å²) >= 11 is 14.2. The van der Waals surface area contributed by atoms with Crippen LogP contribution in [-0.2, 0) is 24.9 Å². The van der Waals surface area contributed by atoms with Gasteiger partial charge in [-0.25, -0.2) is 4.98 Å². The number of carbonyl (C=O) groups excluding carboxylic acids is 1.